The van der Waals surface area contributed by atoms with E-state index in [0.29, 0.717) is 24.1 Å². The molecule has 0 unspecified atom stereocenters. The first-order chi connectivity index (χ1) is 12.5. The number of carbonyl (C=O) groups excluding carboxylic acids is 2. The molecule has 0 bridgehead atoms. The van der Waals surface area contributed by atoms with Gasteiger partial charge in [-0.2, -0.15) is 0 Å². The Morgan fingerprint density at radius 3 is 2.65 bits per heavy atom. The fourth-order valence-electron chi connectivity index (χ4n) is 2.34. The minimum Gasteiger partial charge on any atom is -0.348 e. The summed E-state index contributed by atoms with van der Waals surface area (Å²) in [4.78, 5) is 24.2. The smallest absolute Gasteiger partial charge is 0.253 e. The van der Waals surface area contributed by atoms with E-state index in [-0.39, 0.29) is 28.9 Å². The van der Waals surface area contributed by atoms with Crippen molar-refractivity contribution in [3.8, 4) is 0 Å². The van der Waals surface area contributed by atoms with Crippen LogP contribution in [0.3, 0.4) is 0 Å². The minimum atomic E-state index is -0.440. The predicted octanol–water partition coefficient (Wildman–Crippen LogP) is 3.35. The van der Waals surface area contributed by atoms with Gasteiger partial charge in [-0.25, -0.2) is 4.39 Å². The van der Waals surface area contributed by atoms with E-state index in [1.165, 1.54) is 12.1 Å². The van der Waals surface area contributed by atoms with Crippen molar-refractivity contribution in [2.45, 2.75) is 19.4 Å². The van der Waals surface area contributed by atoms with Crippen LogP contribution in [0.2, 0.25) is 5.02 Å². The fraction of sp³-hybridized carbons (Fsp3) is 0.263. The van der Waals surface area contributed by atoms with Gasteiger partial charge in [0.25, 0.3) is 5.91 Å². The molecule has 2 amide bonds. The molecule has 0 aliphatic heterocycles. The number of halogens is 2. The Labute approximate surface area is 156 Å². The van der Waals surface area contributed by atoms with Crippen LogP contribution in [0.1, 0.15) is 28.8 Å². The van der Waals surface area contributed by atoms with Crippen molar-refractivity contribution in [1.82, 2.24) is 10.6 Å². The zero-order valence-electron chi connectivity index (χ0n) is 14.4. The molecule has 7 heteroatoms. The molecule has 0 aliphatic rings. The summed E-state index contributed by atoms with van der Waals surface area (Å²) >= 11 is 6.09. The molecule has 0 aromatic heterocycles. The Bertz CT molecular complexity index is 783. The first-order valence-corrected chi connectivity index (χ1v) is 8.64. The maximum absolute atomic E-state index is 13.6. The molecule has 5 nitrogen and oxygen atoms in total. The van der Waals surface area contributed by atoms with E-state index < -0.39 is 5.91 Å². The van der Waals surface area contributed by atoms with Gasteiger partial charge in [-0.1, -0.05) is 29.8 Å². The second-order valence-electron chi connectivity index (χ2n) is 5.72. The summed E-state index contributed by atoms with van der Waals surface area (Å²) in [5, 5.41) is 8.60. The van der Waals surface area contributed by atoms with Crippen LogP contribution in [-0.4, -0.2) is 25.4 Å². The lowest BCUT2D eigenvalue weighted by Gasteiger charge is -2.10. The average Bonchev–Trinajstić information content (AvgIpc) is 2.62. The molecule has 0 spiro atoms. The Morgan fingerprint density at radius 2 is 1.92 bits per heavy atom. The number of nitrogens with one attached hydrogen (secondary N) is 3. The highest BCUT2D eigenvalue weighted by Crippen LogP contribution is 2.21. The third-order valence-corrected chi connectivity index (χ3v) is 4.05. The summed E-state index contributed by atoms with van der Waals surface area (Å²) in [5.74, 6) is -0.966. The van der Waals surface area contributed by atoms with Gasteiger partial charge >= 0.3 is 0 Å². The summed E-state index contributed by atoms with van der Waals surface area (Å²) in [6.45, 7) is 0.792. The lowest BCUT2D eigenvalue weighted by Crippen LogP contribution is -2.24. The van der Waals surface area contributed by atoms with Crippen LogP contribution in [0.4, 0.5) is 10.1 Å². The molecule has 0 radical (unpaired) electrons. The van der Waals surface area contributed by atoms with Crippen molar-refractivity contribution in [2.75, 3.05) is 18.9 Å². The van der Waals surface area contributed by atoms with E-state index >= 15 is 0 Å². The molecule has 0 saturated heterocycles. The predicted molar refractivity (Wildman–Crippen MR) is 101 cm³/mol. The van der Waals surface area contributed by atoms with Crippen molar-refractivity contribution in [3.63, 3.8) is 0 Å². The van der Waals surface area contributed by atoms with Gasteiger partial charge in [0.15, 0.2) is 0 Å². The number of hydrogen-bond acceptors (Lipinski definition) is 3. The molecule has 2 aromatic rings. The molecule has 2 rings (SSSR count). The average molecular weight is 378 g/mol. The maximum Gasteiger partial charge on any atom is 0.253 e. The third-order valence-electron chi connectivity index (χ3n) is 3.72. The second-order valence-corrected chi connectivity index (χ2v) is 6.13. The number of rotatable bonds is 8. The highest BCUT2D eigenvalue weighted by molar-refractivity contribution is 6.34. The topological polar surface area (TPSA) is 70.2 Å². The van der Waals surface area contributed by atoms with E-state index in [1.807, 2.05) is 7.05 Å². The number of benzene rings is 2. The van der Waals surface area contributed by atoms with Crippen LogP contribution < -0.4 is 16.0 Å². The van der Waals surface area contributed by atoms with E-state index in [4.69, 9.17) is 11.6 Å². The first-order valence-electron chi connectivity index (χ1n) is 8.27. The van der Waals surface area contributed by atoms with Crippen LogP contribution in [0, 0.1) is 5.82 Å². The Hall–Kier alpha value is -2.44. The highest BCUT2D eigenvalue weighted by Gasteiger charge is 2.13. The number of hydrogen-bond donors (Lipinski definition) is 3. The molecule has 3 N–H and O–H groups in total. The van der Waals surface area contributed by atoms with Gasteiger partial charge in [-0.15, -0.1) is 0 Å². The quantitative estimate of drug-likeness (QED) is 0.618. The van der Waals surface area contributed by atoms with E-state index in [2.05, 4.69) is 16.0 Å². The van der Waals surface area contributed by atoms with Crippen LogP contribution in [0.25, 0.3) is 0 Å². The summed E-state index contributed by atoms with van der Waals surface area (Å²) in [7, 11) is 1.82. The largest absolute Gasteiger partial charge is 0.348 e. The molecular formula is C19H21ClFN3O2. The van der Waals surface area contributed by atoms with Gasteiger partial charge in [-0.3, -0.25) is 9.59 Å². The van der Waals surface area contributed by atoms with E-state index in [1.54, 1.807) is 30.3 Å². The molecule has 0 atom stereocenters. The van der Waals surface area contributed by atoms with Gasteiger partial charge in [0.05, 0.1) is 10.6 Å². The lowest BCUT2D eigenvalue weighted by molar-refractivity contribution is -0.116. The zero-order chi connectivity index (χ0) is 18.9. The normalized spacial score (nSPS) is 10.4. The Kier molecular flexibility index (Phi) is 7.56. The number of carbonyl (C=O) groups is 2. The highest BCUT2D eigenvalue weighted by atomic mass is 35.5. The van der Waals surface area contributed by atoms with Gasteiger partial charge in [0, 0.05) is 24.2 Å². The molecular weight excluding hydrogens is 357 g/mol. The van der Waals surface area contributed by atoms with Crippen molar-refractivity contribution in [2.24, 2.45) is 0 Å². The summed E-state index contributed by atoms with van der Waals surface area (Å²) in [6.07, 6.45) is 1.09. The molecule has 26 heavy (non-hydrogen) atoms. The summed E-state index contributed by atoms with van der Waals surface area (Å²) in [5.41, 5.74) is 1.09. The van der Waals surface area contributed by atoms with Crippen LogP contribution >= 0.6 is 11.6 Å². The Balaban J connectivity index is 2.00. The maximum atomic E-state index is 13.6. The molecule has 2 aromatic carbocycles. The van der Waals surface area contributed by atoms with Crippen molar-refractivity contribution < 1.29 is 14.0 Å². The SMILES string of the molecule is CNCCCC(=O)Nc1ccc(Cl)c(C(=O)NCc2ccccc2F)c1. The number of amides is 2. The van der Waals surface area contributed by atoms with Crippen molar-refractivity contribution in [1.29, 1.82) is 0 Å². The van der Waals surface area contributed by atoms with Crippen LogP contribution in [-0.2, 0) is 11.3 Å². The summed E-state index contributed by atoms with van der Waals surface area (Å²) < 4.78 is 13.6. The molecule has 0 saturated carbocycles. The first kappa shape index (κ1) is 19.9. The van der Waals surface area contributed by atoms with Gasteiger partial charge in [0.1, 0.15) is 5.82 Å². The van der Waals surface area contributed by atoms with Gasteiger partial charge in [0.2, 0.25) is 5.91 Å². The summed E-state index contributed by atoms with van der Waals surface area (Å²) in [6, 6.07) is 10.9. The fourth-order valence-corrected chi connectivity index (χ4v) is 2.54. The van der Waals surface area contributed by atoms with Crippen LogP contribution in [0.15, 0.2) is 42.5 Å². The van der Waals surface area contributed by atoms with Crippen LogP contribution in [0.5, 0.6) is 0 Å². The molecule has 0 fully saturated rings. The molecule has 138 valence electrons. The Morgan fingerprint density at radius 1 is 1.15 bits per heavy atom. The van der Waals surface area contributed by atoms with E-state index in [0.717, 1.165) is 6.54 Å². The second kappa shape index (κ2) is 9.89. The van der Waals surface area contributed by atoms with Gasteiger partial charge < -0.3 is 16.0 Å². The van der Waals surface area contributed by atoms with E-state index in [9.17, 15) is 14.0 Å². The van der Waals surface area contributed by atoms with Crippen molar-refractivity contribution >= 4 is 29.1 Å². The minimum absolute atomic E-state index is 0.0441. The zero-order valence-corrected chi connectivity index (χ0v) is 15.2. The lowest BCUT2D eigenvalue weighted by atomic mass is 10.1. The monoisotopic (exact) mass is 377 g/mol. The molecule has 0 aliphatic carbocycles. The van der Waals surface area contributed by atoms with Crippen molar-refractivity contribution in [3.05, 3.63) is 64.4 Å². The van der Waals surface area contributed by atoms with Gasteiger partial charge in [-0.05, 0) is 44.3 Å². The standard InChI is InChI=1S/C19H21ClFN3O2/c1-22-10-4-7-18(25)24-14-8-9-16(20)15(11-14)19(26)23-12-13-5-2-3-6-17(13)21/h2-3,5-6,8-9,11,22H,4,7,10,12H2,1H3,(H,23,26)(H,24,25). The number of anilines is 1. The third kappa shape index (κ3) is 5.82. The molecule has 0 heterocycles.